The summed E-state index contributed by atoms with van der Waals surface area (Å²) in [4.78, 5) is 18.0. The summed E-state index contributed by atoms with van der Waals surface area (Å²) in [7, 11) is -4.24. The summed E-state index contributed by atoms with van der Waals surface area (Å²) in [5.41, 5.74) is 5.66. The number of ether oxygens (including phenoxy) is 1. The van der Waals surface area contributed by atoms with E-state index in [9.17, 15) is 14.1 Å². The van der Waals surface area contributed by atoms with Crippen LogP contribution >= 0.6 is 7.60 Å². The smallest absolute Gasteiger partial charge is 0.362 e. The Morgan fingerprint density at radius 3 is 2.00 bits per heavy atom. The van der Waals surface area contributed by atoms with Crippen LogP contribution in [0, 0.1) is 19.7 Å². The van der Waals surface area contributed by atoms with E-state index in [1.54, 1.807) is 30.3 Å². The maximum Gasteiger partial charge on any atom is 0.362 e. The second kappa shape index (κ2) is 11.3. The average Bonchev–Trinajstić information content (AvgIpc) is 2.74. The van der Waals surface area contributed by atoms with Crippen molar-refractivity contribution in [2.75, 3.05) is 6.35 Å². The van der Waals surface area contributed by atoms with Crippen molar-refractivity contribution in [3.8, 4) is 11.5 Å². The number of phenolic OH excluding ortho intramolecular Hbond substituents is 1. The van der Waals surface area contributed by atoms with Crippen molar-refractivity contribution in [1.82, 2.24) is 0 Å². The van der Waals surface area contributed by atoms with Gasteiger partial charge in [-0.05, 0) is 84.0 Å². The number of aromatic hydroxyl groups is 1. The van der Waals surface area contributed by atoms with Crippen LogP contribution in [0.25, 0.3) is 0 Å². The summed E-state index contributed by atoms with van der Waals surface area (Å²) in [5.74, 6) is 0.313. The van der Waals surface area contributed by atoms with Crippen LogP contribution in [-0.4, -0.2) is 21.2 Å². The van der Waals surface area contributed by atoms with Crippen LogP contribution in [0.3, 0.4) is 0 Å². The van der Waals surface area contributed by atoms with Gasteiger partial charge in [0.05, 0.1) is 0 Å². The molecule has 0 amide bonds. The Morgan fingerprint density at radius 2 is 1.44 bits per heavy atom. The first-order valence-corrected chi connectivity index (χ1v) is 12.2. The molecule has 172 valence electrons. The van der Waals surface area contributed by atoms with Gasteiger partial charge in [-0.15, -0.1) is 0 Å². The third-order valence-electron chi connectivity index (χ3n) is 4.90. The lowest BCUT2D eigenvalue weighted by Crippen LogP contribution is -2.02. The van der Waals surface area contributed by atoms with Crippen LogP contribution in [-0.2, 0) is 17.4 Å². The molecule has 0 spiro atoms. The van der Waals surface area contributed by atoms with Gasteiger partial charge in [-0.25, -0.2) is 4.39 Å². The van der Waals surface area contributed by atoms with Gasteiger partial charge in [0.1, 0.15) is 17.3 Å². The van der Waals surface area contributed by atoms with Crippen molar-refractivity contribution in [1.29, 1.82) is 0 Å². The Kier molecular flexibility index (Phi) is 9.02. The fourth-order valence-corrected chi connectivity index (χ4v) is 3.71. The van der Waals surface area contributed by atoms with Crippen LogP contribution in [0.1, 0.15) is 47.2 Å². The highest BCUT2D eigenvalue weighted by molar-refractivity contribution is 7.51. The van der Waals surface area contributed by atoms with Crippen molar-refractivity contribution in [2.45, 2.75) is 40.5 Å². The Bertz CT molecular complexity index is 1070. The molecule has 0 unspecified atom stereocenters. The van der Waals surface area contributed by atoms with Gasteiger partial charge < -0.3 is 19.6 Å². The Balaban J connectivity index is 0.00000176. The van der Waals surface area contributed by atoms with Gasteiger partial charge in [0.15, 0.2) is 6.35 Å². The van der Waals surface area contributed by atoms with E-state index in [1.165, 1.54) is 12.1 Å². The first-order valence-electron chi connectivity index (χ1n) is 10.4. The van der Waals surface area contributed by atoms with Crippen LogP contribution < -0.4 is 4.74 Å². The molecule has 3 aromatic carbocycles. The molecule has 0 aliphatic carbocycles. The highest BCUT2D eigenvalue weighted by atomic mass is 31.2. The maximum absolute atomic E-state index is 13.1. The van der Waals surface area contributed by atoms with Gasteiger partial charge in [0.25, 0.3) is 0 Å². The molecule has 0 aliphatic heterocycles. The monoisotopic (exact) mass is 460 g/mol. The molecule has 0 radical (unpaired) electrons. The lowest BCUT2D eigenvalue weighted by molar-refractivity contribution is 0.300. The van der Waals surface area contributed by atoms with Gasteiger partial charge >= 0.3 is 7.60 Å². The minimum Gasteiger partial charge on any atom is -0.508 e. The minimum absolute atomic E-state index is 0.192. The van der Waals surface area contributed by atoms with Gasteiger partial charge in [-0.2, -0.15) is 0 Å². The molecule has 0 aliphatic rings. The third kappa shape index (κ3) is 7.49. The highest BCUT2D eigenvalue weighted by Gasteiger charge is 2.15. The topological polar surface area (TPSA) is 87.0 Å². The SMILES string of the molecule is CC.Cc1cc(OCP(=O)(O)O)cc(C)c1Cc1ccc(O)c(Cc2ccc(F)cc2)c1. The van der Waals surface area contributed by atoms with E-state index in [0.29, 0.717) is 18.6 Å². The van der Waals surface area contributed by atoms with Crippen molar-refractivity contribution in [3.63, 3.8) is 0 Å². The number of phenols is 1. The lowest BCUT2D eigenvalue weighted by atomic mass is 9.93. The molecule has 32 heavy (non-hydrogen) atoms. The second-order valence-electron chi connectivity index (χ2n) is 7.42. The van der Waals surface area contributed by atoms with Crippen molar-refractivity contribution in [3.05, 3.63) is 93.8 Å². The molecule has 0 fully saturated rings. The average molecular weight is 460 g/mol. The normalized spacial score (nSPS) is 11.0. The molecule has 3 aromatic rings. The molecular formula is C25H30FO5P. The first-order chi connectivity index (χ1) is 15.1. The van der Waals surface area contributed by atoms with Gasteiger partial charge in [-0.1, -0.05) is 38.1 Å². The number of hydrogen-bond acceptors (Lipinski definition) is 3. The summed E-state index contributed by atoms with van der Waals surface area (Å²) in [5, 5.41) is 10.2. The summed E-state index contributed by atoms with van der Waals surface area (Å²) < 4.78 is 29.4. The zero-order valence-electron chi connectivity index (χ0n) is 18.8. The molecule has 0 aromatic heterocycles. The van der Waals surface area contributed by atoms with Crippen molar-refractivity contribution < 1.29 is 28.6 Å². The summed E-state index contributed by atoms with van der Waals surface area (Å²) >= 11 is 0. The van der Waals surface area contributed by atoms with Crippen LogP contribution in [0.4, 0.5) is 4.39 Å². The summed E-state index contributed by atoms with van der Waals surface area (Å²) in [6.07, 6.45) is 0.468. The highest BCUT2D eigenvalue weighted by Crippen LogP contribution is 2.35. The standard InChI is InChI=1S/C23H24FO5P.C2H6/c1-15-9-21(29-14-30(26,27)28)10-16(2)22(15)13-18-5-8-23(25)19(12-18)11-17-3-6-20(24)7-4-17;1-2/h3-10,12,25H,11,13-14H2,1-2H3,(H2,26,27,28);1-2H3. The number of aryl methyl sites for hydroxylation is 2. The summed E-state index contributed by atoms with van der Waals surface area (Å²) in [6, 6.07) is 15.2. The van der Waals surface area contributed by atoms with Crippen LogP contribution in [0.15, 0.2) is 54.6 Å². The molecular weight excluding hydrogens is 430 g/mol. The molecule has 3 N–H and O–H groups in total. The summed E-state index contributed by atoms with van der Waals surface area (Å²) in [6.45, 7) is 7.85. The van der Waals surface area contributed by atoms with E-state index in [0.717, 1.165) is 33.4 Å². The molecule has 0 bridgehead atoms. The number of halogens is 1. The van der Waals surface area contributed by atoms with Crippen LogP contribution in [0.5, 0.6) is 11.5 Å². The van der Waals surface area contributed by atoms with Gasteiger partial charge in [-0.3, -0.25) is 4.57 Å². The van der Waals surface area contributed by atoms with Gasteiger partial charge in [0, 0.05) is 6.42 Å². The van der Waals surface area contributed by atoms with E-state index >= 15 is 0 Å². The second-order valence-corrected chi connectivity index (χ2v) is 9.00. The molecule has 7 heteroatoms. The third-order valence-corrected chi connectivity index (χ3v) is 5.37. The van der Waals surface area contributed by atoms with E-state index < -0.39 is 13.9 Å². The minimum atomic E-state index is -4.24. The molecule has 5 nitrogen and oxygen atoms in total. The van der Waals surface area contributed by atoms with Crippen molar-refractivity contribution in [2.24, 2.45) is 0 Å². The zero-order valence-corrected chi connectivity index (χ0v) is 19.7. The predicted octanol–water partition coefficient (Wildman–Crippen LogP) is 5.87. The quantitative estimate of drug-likeness (QED) is 0.384. The Labute approximate surface area is 188 Å². The lowest BCUT2D eigenvalue weighted by Gasteiger charge is -2.15. The van der Waals surface area contributed by atoms with Crippen molar-refractivity contribution >= 4 is 7.60 Å². The molecule has 0 saturated carbocycles. The number of benzene rings is 3. The predicted molar refractivity (Wildman–Crippen MR) is 125 cm³/mol. The number of rotatable bonds is 7. The Morgan fingerprint density at radius 1 is 0.875 bits per heavy atom. The molecule has 0 saturated heterocycles. The Hall–Kier alpha value is -2.66. The fourth-order valence-electron chi connectivity index (χ4n) is 3.39. The largest absolute Gasteiger partial charge is 0.508 e. The van der Waals surface area contributed by atoms with Crippen LogP contribution in [0.2, 0.25) is 0 Å². The van der Waals surface area contributed by atoms with E-state index in [4.69, 9.17) is 14.5 Å². The zero-order chi connectivity index (χ0) is 23.9. The maximum atomic E-state index is 13.1. The molecule has 0 atom stereocenters. The molecule has 3 rings (SSSR count). The van der Waals surface area contributed by atoms with Gasteiger partial charge in [0.2, 0.25) is 0 Å². The van der Waals surface area contributed by atoms with E-state index in [1.807, 2.05) is 39.8 Å². The first kappa shape index (κ1) is 25.6. The van der Waals surface area contributed by atoms with E-state index in [-0.39, 0.29) is 11.6 Å². The fraction of sp³-hybridized carbons (Fsp3) is 0.280. The van der Waals surface area contributed by atoms with E-state index in [2.05, 4.69) is 0 Å². The molecule has 0 heterocycles. The number of hydrogen-bond donors (Lipinski definition) is 3.